The number of ketones is 1. The smallest absolute Gasteiger partial charge is 0.158 e. The summed E-state index contributed by atoms with van der Waals surface area (Å²) in [5, 5.41) is 1.40. The van der Waals surface area contributed by atoms with E-state index in [0.29, 0.717) is 5.78 Å². The monoisotopic (exact) mass is 216 g/mol. The highest BCUT2D eigenvalue weighted by Gasteiger charge is 2.27. The zero-order valence-electron chi connectivity index (χ0n) is 9.29. The molecule has 1 aromatic rings. The van der Waals surface area contributed by atoms with Gasteiger partial charge >= 0.3 is 0 Å². The van der Waals surface area contributed by atoms with Gasteiger partial charge in [0.25, 0.3) is 0 Å². The minimum absolute atomic E-state index is 0.353. The normalized spacial score (nSPS) is 19.1. The van der Waals surface area contributed by atoms with Gasteiger partial charge in [0.1, 0.15) is 8.07 Å². The molecular formula is C13H16OSi. The SMILES string of the molecule is C[Si](C)(/C=C1/CCC1=O)c1ccccc1. The van der Waals surface area contributed by atoms with Crippen molar-refractivity contribution in [3.8, 4) is 0 Å². The van der Waals surface area contributed by atoms with Gasteiger partial charge < -0.3 is 0 Å². The largest absolute Gasteiger partial charge is 0.295 e. The van der Waals surface area contributed by atoms with Crippen molar-refractivity contribution in [3.05, 3.63) is 41.6 Å². The first-order chi connectivity index (χ1) is 7.09. The molecule has 2 heteroatoms. The Bertz CT molecular complexity index is 404. The number of rotatable bonds is 2. The summed E-state index contributed by atoms with van der Waals surface area (Å²) >= 11 is 0. The molecule has 0 heterocycles. The second-order valence-electron chi connectivity index (χ2n) is 4.68. The molecule has 0 radical (unpaired) electrons. The Morgan fingerprint density at radius 1 is 1.13 bits per heavy atom. The highest BCUT2D eigenvalue weighted by molar-refractivity contribution is 6.94. The van der Waals surface area contributed by atoms with Crippen molar-refractivity contribution < 1.29 is 4.79 Å². The van der Waals surface area contributed by atoms with Crippen LogP contribution in [0.3, 0.4) is 0 Å². The molecule has 1 aliphatic rings. The lowest BCUT2D eigenvalue weighted by Crippen LogP contribution is -2.40. The summed E-state index contributed by atoms with van der Waals surface area (Å²) in [6.07, 6.45) is 1.74. The van der Waals surface area contributed by atoms with Gasteiger partial charge in [-0.25, -0.2) is 0 Å². The van der Waals surface area contributed by atoms with Crippen LogP contribution >= 0.6 is 0 Å². The van der Waals surface area contributed by atoms with E-state index >= 15 is 0 Å². The van der Waals surface area contributed by atoms with Gasteiger partial charge in [-0.15, -0.1) is 0 Å². The van der Waals surface area contributed by atoms with Crippen molar-refractivity contribution in [3.63, 3.8) is 0 Å². The molecule has 0 atom stereocenters. The second-order valence-corrected chi connectivity index (χ2v) is 8.99. The summed E-state index contributed by atoms with van der Waals surface area (Å²) in [4.78, 5) is 11.3. The molecule has 15 heavy (non-hydrogen) atoms. The van der Waals surface area contributed by atoms with E-state index in [2.05, 4.69) is 43.1 Å². The van der Waals surface area contributed by atoms with E-state index in [1.54, 1.807) is 0 Å². The Morgan fingerprint density at radius 3 is 2.27 bits per heavy atom. The van der Waals surface area contributed by atoms with Crippen molar-refractivity contribution in [1.82, 2.24) is 0 Å². The van der Waals surface area contributed by atoms with E-state index in [9.17, 15) is 4.79 Å². The molecule has 0 spiro atoms. The van der Waals surface area contributed by atoms with Crippen molar-refractivity contribution in [1.29, 1.82) is 0 Å². The summed E-state index contributed by atoms with van der Waals surface area (Å²) < 4.78 is 0. The Morgan fingerprint density at radius 2 is 1.80 bits per heavy atom. The maximum atomic E-state index is 11.3. The summed E-state index contributed by atoms with van der Waals surface area (Å²) in [7, 11) is -1.54. The fourth-order valence-electron chi connectivity index (χ4n) is 1.91. The minimum Gasteiger partial charge on any atom is -0.295 e. The predicted octanol–water partition coefficient (Wildman–Crippen LogP) is 2.43. The summed E-state index contributed by atoms with van der Waals surface area (Å²) in [6.45, 7) is 4.59. The van der Waals surface area contributed by atoms with Crippen LogP contribution in [-0.4, -0.2) is 13.9 Å². The van der Waals surface area contributed by atoms with E-state index in [4.69, 9.17) is 0 Å². The molecule has 1 aromatic carbocycles. The summed E-state index contributed by atoms with van der Waals surface area (Å²) in [6, 6.07) is 10.5. The van der Waals surface area contributed by atoms with Crippen LogP contribution < -0.4 is 5.19 Å². The number of allylic oxidation sites excluding steroid dienone is 1. The van der Waals surface area contributed by atoms with Crippen LogP contribution in [0.1, 0.15) is 12.8 Å². The molecule has 1 fully saturated rings. The fourth-order valence-corrected chi connectivity index (χ4v) is 4.31. The lowest BCUT2D eigenvalue weighted by Gasteiger charge is -2.23. The molecule has 0 saturated heterocycles. The summed E-state index contributed by atoms with van der Waals surface area (Å²) in [5.74, 6) is 0.353. The molecule has 1 saturated carbocycles. The number of carbonyl (C=O) groups is 1. The van der Waals surface area contributed by atoms with Crippen LogP contribution in [0.2, 0.25) is 13.1 Å². The van der Waals surface area contributed by atoms with Crippen LogP contribution in [0, 0.1) is 0 Å². The number of carbonyl (C=O) groups excluding carboxylic acids is 1. The molecule has 0 amide bonds. The maximum Gasteiger partial charge on any atom is 0.158 e. The van der Waals surface area contributed by atoms with E-state index < -0.39 is 8.07 Å². The van der Waals surface area contributed by atoms with E-state index in [1.807, 2.05) is 6.07 Å². The molecule has 1 aliphatic carbocycles. The Kier molecular flexibility index (Phi) is 2.61. The Labute approximate surface area is 91.8 Å². The molecular weight excluding hydrogens is 200 g/mol. The van der Waals surface area contributed by atoms with Gasteiger partial charge in [0, 0.05) is 6.42 Å². The van der Waals surface area contributed by atoms with Crippen LogP contribution in [0.4, 0.5) is 0 Å². The van der Waals surface area contributed by atoms with E-state index in [1.165, 1.54) is 5.19 Å². The standard InChI is InChI=1S/C13H16OSi/c1-15(2,10-11-8-9-13(11)14)12-6-4-3-5-7-12/h3-7,10H,8-9H2,1-2H3/b11-10-. The number of benzene rings is 1. The maximum absolute atomic E-state index is 11.3. The van der Waals surface area contributed by atoms with Gasteiger partial charge in [0.2, 0.25) is 0 Å². The topological polar surface area (TPSA) is 17.1 Å². The average molecular weight is 216 g/mol. The van der Waals surface area contributed by atoms with Gasteiger partial charge in [0.05, 0.1) is 0 Å². The van der Waals surface area contributed by atoms with Crippen LogP contribution in [0.25, 0.3) is 0 Å². The molecule has 78 valence electrons. The average Bonchev–Trinajstić information content (AvgIpc) is 2.25. The first-order valence-electron chi connectivity index (χ1n) is 5.40. The Balaban J connectivity index is 2.27. The van der Waals surface area contributed by atoms with Gasteiger partial charge in [-0.3, -0.25) is 4.79 Å². The molecule has 0 aromatic heterocycles. The van der Waals surface area contributed by atoms with Gasteiger partial charge in [-0.1, -0.05) is 54.3 Å². The third kappa shape index (κ3) is 2.10. The van der Waals surface area contributed by atoms with Crippen molar-refractivity contribution in [2.45, 2.75) is 25.9 Å². The lowest BCUT2D eigenvalue weighted by atomic mass is 9.93. The fraction of sp³-hybridized carbons (Fsp3) is 0.308. The minimum atomic E-state index is -1.54. The third-order valence-corrected chi connectivity index (χ3v) is 5.92. The molecule has 1 nitrogen and oxygen atoms in total. The van der Waals surface area contributed by atoms with Gasteiger partial charge in [-0.2, -0.15) is 0 Å². The van der Waals surface area contributed by atoms with E-state index in [0.717, 1.165) is 18.4 Å². The summed E-state index contributed by atoms with van der Waals surface area (Å²) in [5.41, 5.74) is 3.32. The molecule has 0 bridgehead atoms. The first kappa shape index (κ1) is 10.4. The predicted molar refractivity (Wildman–Crippen MR) is 65.9 cm³/mol. The van der Waals surface area contributed by atoms with Gasteiger partial charge in [-0.05, 0) is 12.0 Å². The first-order valence-corrected chi connectivity index (χ1v) is 8.48. The van der Waals surface area contributed by atoms with Crippen LogP contribution in [0.15, 0.2) is 41.6 Å². The molecule has 0 aliphatic heterocycles. The highest BCUT2D eigenvalue weighted by atomic mass is 28.3. The quantitative estimate of drug-likeness (QED) is 0.548. The van der Waals surface area contributed by atoms with Crippen LogP contribution in [-0.2, 0) is 4.79 Å². The molecule has 0 unspecified atom stereocenters. The third-order valence-electron chi connectivity index (χ3n) is 3.03. The zero-order chi connectivity index (χ0) is 10.9. The second kappa shape index (κ2) is 3.78. The lowest BCUT2D eigenvalue weighted by molar-refractivity contribution is -0.118. The van der Waals surface area contributed by atoms with Crippen LogP contribution in [0.5, 0.6) is 0 Å². The molecule has 0 N–H and O–H groups in total. The Hall–Kier alpha value is -1.15. The number of Topliss-reactive ketones (excluding diaryl/α,β-unsaturated/α-hetero) is 1. The van der Waals surface area contributed by atoms with Gasteiger partial charge in [0.15, 0.2) is 5.78 Å². The zero-order valence-corrected chi connectivity index (χ0v) is 10.3. The van der Waals surface area contributed by atoms with Crippen molar-refractivity contribution in [2.75, 3.05) is 0 Å². The number of hydrogen-bond acceptors (Lipinski definition) is 1. The van der Waals surface area contributed by atoms with Crippen molar-refractivity contribution >= 4 is 19.0 Å². The van der Waals surface area contributed by atoms with E-state index in [-0.39, 0.29) is 0 Å². The highest BCUT2D eigenvalue weighted by Crippen LogP contribution is 2.23. The number of hydrogen-bond donors (Lipinski definition) is 0. The van der Waals surface area contributed by atoms with Crippen molar-refractivity contribution in [2.24, 2.45) is 0 Å². The molecule has 2 rings (SSSR count).